The fourth-order valence-electron chi connectivity index (χ4n) is 2.68. The fourth-order valence-corrected chi connectivity index (χ4v) is 2.68. The Hall–Kier alpha value is -2.83. The molecule has 0 unspecified atom stereocenters. The van der Waals surface area contributed by atoms with Crippen LogP contribution in [-0.4, -0.2) is 45.7 Å². The zero-order valence-corrected chi connectivity index (χ0v) is 14.4. The molecule has 3 rings (SSSR count). The molecule has 2 heterocycles. The molecule has 25 heavy (non-hydrogen) atoms. The molecule has 2 aromatic rings. The average molecular weight is 342 g/mol. The summed E-state index contributed by atoms with van der Waals surface area (Å²) in [6.45, 7) is 5.36. The molecule has 0 radical (unpaired) electrons. The SMILES string of the molecule is CC(C)NC(=O)c1cc2n(n1)CCN(C(=O)COc1ccccc1)C2. The van der Waals surface area contributed by atoms with E-state index in [1.54, 1.807) is 15.6 Å². The summed E-state index contributed by atoms with van der Waals surface area (Å²) in [7, 11) is 0. The molecule has 0 atom stereocenters. The van der Waals surface area contributed by atoms with Crippen molar-refractivity contribution in [2.75, 3.05) is 13.2 Å². The Morgan fingerprint density at radius 1 is 1.24 bits per heavy atom. The normalized spacial score (nSPS) is 13.5. The van der Waals surface area contributed by atoms with Gasteiger partial charge >= 0.3 is 0 Å². The minimum absolute atomic E-state index is 0.00115. The zero-order chi connectivity index (χ0) is 17.8. The maximum Gasteiger partial charge on any atom is 0.271 e. The molecule has 1 aliphatic rings. The molecule has 1 aliphatic heterocycles. The van der Waals surface area contributed by atoms with Crippen molar-refractivity contribution in [3.8, 4) is 5.75 Å². The van der Waals surface area contributed by atoms with E-state index in [4.69, 9.17) is 4.74 Å². The summed E-state index contributed by atoms with van der Waals surface area (Å²) >= 11 is 0. The Bertz CT molecular complexity index is 755. The number of carbonyl (C=O) groups excluding carboxylic acids is 2. The standard InChI is InChI=1S/C18H22N4O3/c1-13(2)19-18(24)16-10-14-11-21(8-9-22(14)20-16)17(23)12-25-15-6-4-3-5-7-15/h3-7,10,13H,8-9,11-12H2,1-2H3,(H,19,24). The van der Waals surface area contributed by atoms with Crippen molar-refractivity contribution in [3.63, 3.8) is 0 Å². The van der Waals surface area contributed by atoms with Gasteiger partial charge in [-0.1, -0.05) is 18.2 Å². The highest BCUT2D eigenvalue weighted by Crippen LogP contribution is 2.15. The maximum atomic E-state index is 12.4. The second-order valence-corrected chi connectivity index (χ2v) is 6.29. The third-order valence-corrected chi connectivity index (χ3v) is 3.91. The first kappa shape index (κ1) is 17.0. The number of carbonyl (C=O) groups is 2. The van der Waals surface area contributed by atoms with Crippen molar-refractivity contribution in [3.05, 3.63) is 47.8 Å². The van der Waals surface area contributed by atoms with E-state index in [0.717, 1.165) is 5.69 Å². The van der Waals surface area contributed by atoms with Gasteiger partial charge in [0.2, 0.25) is 0 Å². The van der Waals surface area contributed by atoms with E-state index in [-0.39, 0.29) is 24.5 Å². The molecule has 1 aromatic heterocycles. The number of para-hydroxylation sites is 1. The molecule has 0 spiro atoms. The molecule has 0 aliphatic carbocycles. The van der Waals surface area contributed by atoms with Gasteiger partial charge in [-0.2, -0.15) is 5.10 Å². The van der Waals surface area contributed by atoms with Gasteiger partial charge in [-0.05, 0) is 32.0 Å². The van der Waals surface area contributed by atoms with Gasteiger partial charge in [0.1, 0.15) is 5.75 Å². The topological polar surface area (TPSA) is 76.5 Å². The van der Waals surface area contributed by atoms with E-state index in [1.165, 1.54) is 0 Å². The molecule has 1 N–H and O–H groups in total. The lowest BCUT2D eigenvalue weighted by atomic mass is 10.2. The quantitative estimate of drug-likeness (QED) is 0.892. The van der Waals surface area contributed by atoms with Crippen molar-refractivity contribution < 1.29 is 14.3 Å². The van der Waals surface area contributed by atoms with E-state index in [1.807, 2.05) is 44.2 Å². The maximum absolute atomic E-state index is 12.4. The molecule has 0 saturated carbocycles. The Morgan fingerprint density at radius 3 is 2.72 bits per heavy atom. The molecule has 7 heteroatoms. The van der Waals surface area contributed by atoms with Crippen LogP contribution in [0.5, 0.6) is 5.75 Å². The van der Waals surface area contributed by atoms with Crippen LogP contribution in [0.4, 0.5) is 0 Å². The second-order valence-electron chi connectivity index (χ2n) is 6.29. The van der Waals surface area contributed by atoms with E-state index in [0.29, 0.717) is 31.1 Å². The number of ether oxygens (including phenoxy) is 1. The highest BCUT2D eigenvalue weighted by atomic mass is 16.5. The Labute approximate surface area is 146 Å². The van der Waals surface area contributed by atoms with Crippen LogP contribution in [0.15, 0.2) is 36.4 Å². The van der Waals surface area contributed by atoms with Crippen LogP contribution in [0.2, 0.25) is 0 Å². The van der Waals surface area contributed by atoms with Gasteiger partial charge in [0.25, 0.3) is 11.8 Å². The largest absolute Gasteiger partial charge is 0.484 e. The van der Waals surface area contributed by atoms with Gasteiger partial charge in [0.05, 0.1) is 18.8 Å². The van der Waals surface area contributed by atoms with Gasteiger partial charge in [0.15, 0.2) is 12.3 Å². The number of nitrogens with one attached hydrogen (secondary N) is 1. The van der Waals surface area contributed by atoms with Gasteiger partial charge < -0.3 is 15.0 Å². The highest BCUT2D eigenvalue weighted by molar-refractivity contribution is 5.92. The summed E-state index contributed by atoms with van der Waals surface area (Å²) in [4.78, 5) is 26.1. The summed E-state index contributed by atoms with van der Waals surface area (Å²) in [5, 5.41) is 7.15. The summed E-state index contributed by atoms with van der Waals surface area (Å²) in [5.41, 5.74) is 1.24. The van der Waals surface area contributed by atoms with E-state index < -0.39 is 0 Å². The van der Waals surface area contributed by atoms with E-state index in [2.05, 4.69) is 10.4 Å². The fraction of sp³-hybridized carbons (Fsp3) is 0.389. The smallest absolute Gasteiger partial charge is 0.271 e. The van der Waals surface area contributed by atoms with Gasteiger partial charge in [-0.3, -0.25) is 14.3 Å². The van der Waals surface area contributed by atoms with Crippen LogP contribution in [0.25, 0.3) is 0 Å². The monoisotopic (exact) mass is 342 g/mol. The number of rotatable bonds is 5. The van der Waals surface area contributed by atoms with Crippen molar-refractivity contribution >= 4 is 11.8 Å². The molecule has 0 fully saturated rings. The lowest BCUT2D eigenvalue weighted by molar-refractivity contribution is -0.134. The second kappa shape index (κ2) is 7.38. The lowest BCUT2D eigenvalue weighted by Crippen LogP contribution is -2.40. The molecule has 0 bridgehead atoms. The van der Waals surface area contributed by atoms with Crippen LogP contribution >= 0.6 is 0 Å². The van der Waals surface area contributed by atoms with Crippen molar-refractivity contribution in [2.24, 2.45) is 0 Å². The summed E-state index contributed by atoms with van der Waals surface area (Å²) < 4.78 is 7.31. The highest BCUT2D eigenvalue weighted by Gasteiger charge is 2.24. The van der Waals surface area contributed by atoms with Crippen molar-refractivity contribution in [2.45, 2.75) is 33.0 Å². The first-order valence-electron chi connectivity index (χ1n) is 8.36. The molecule has 2 amide bonds. The lowest BCUT2D eigenvalue weighted by Gasteiger charge is -2.27. The van der Waals surface area contributed by atoms with Gasteiger partial charge in [-0.15, -0.1) is 0 Å². The third kappa shape index (κ3) is 4.17. The van der Waals surface area contributed by atoms with Crippen LogP contribution in [-0.2, 0) is 17.9 Å². The first-order chi connectivity index (χ1) is 12.0. The minimum Gasteiger partial charge on any atom is -0.484 e. The molecule has 0 saturated heterocycles. The Balaban J connectivity index is 1.60. The summed E-state index contributed by atoms with van der Waals surface area (Å²) in [5.74, 6) is 0.400. The molecule has 7 nitrogen and oxygen atoms in total. The number of fused-ring (bicyclic) bond motifs is 1. The third-order valence-electron chi connectivity index (χ3n) is 3.91. The number of benzene rings is 1. The number of hydrogen-bond donors (Lipinski definition) is 1. The Morgan fingerprint density at radius 2 is 2.00 bits per heavy atom. The average Bonchev–Trinajstić information content (AvgIpc) is 3.03. The summed E-state index contributed by atoms with van der Waals surface area (Å²) in [6.07, 6.45) is 0. The van der Waals surface area contributed by atoms with Crippen LogP contribution in [0.3, 0.4) is 0 Å². The predicted molar refractivity (Wildman–Crippen MR) is 92.2 cm³/mol. The molecular formula is C18H22N4O3. The van der Waals surface area contributed by atoms with Gasteiger partial charge in [0, 0.05) is 12.6 Å². The van der Waals surface area contributed by atoms with Crippen LogP contribution in [0.1, 0.15) is 30.0 Å². The molecule has 132 valence electrons. The number of nitrogens with zero attached hydrogens (tertiary/aromatic N) is 3. The van der Waals surface area contributed by atoms with E-state index >= 15 is 0 Å². The van der Waals surface area contributed by atoms with Crippen LogP contribution < -0.4 is 10.1 Å². The predicted octanol–water partition coefficient (Wildman–Crippen LogP) is 1.44. The molecule has 1 aromatic carbocycles. The number of aromatic nitrogens is 2. The summed E-state index contributed by atoms with van der Waals surface area (Å²) in [6, 6.07) is 11.1. The number of amides is 2. The van der Waals surface area contributed by atoms with Gasteiger partial charge in [-0.25, -0.2) is 0 Å². The first-order valence-corrected chi connectivity index (χ1v) is 8.36. The minimum atomic E-state index is -0.192. The van der Waals surface area contributed by atoms with Crippen molar-refractivity contribution in [1.82, 2.24) is 20.0 Å². The van der Waals surface area contributed by atoms with Crippen LogP contribution in [0, 0.1) is 0 Å². The number of hydrogen-bond acceptors (Lipinski definition) is 4. The Kier molecular flexibility index (Phi) is 5.02. The molecular weight excluding hydrogens is 320 g/mol. The van der Waals surface area contributed by atoms with Crippen molar-refractivity contribution in [1.29, 1.82) is 0 Å². The zero-order valence-electron chi connectivity index (χ0n) is 14.4. The van der Waals surface area contributed by atoms with E-state index in [9.17, 15) is 9.59 Å².